The number of nitrogens with one attached hydrogen (secondary N) is 1. The Hall–Kier alpha value is -6.64. The summed E-state index contributed by atoms with van der Waals surface area (Å²) in [5.74, 6) is 0. The number of para-hydroxylation sites is 2. The van der Waals surface area contributed by atoms with E-state index in [1.54, 1.807) is 0 Å². The van der Waals surface area contributed by atoms with Gasteiger partial charge in [-0.3, -0.25) is 0 Å². The van der Waals surface area contributed by atoms with E-state index < -0.39 is 5.41 Å². The van der Waals surface area contributed by atoms with Crippen LogP contribution < -0.4 is 0 Å². The van der Waals surface area contributed by atoms with Crippen LogP contribution in [0.1, 0.15) is 33.4 Å². The highest BCUT2D eigenvalue weighted by molar-refractivity contribution is 6.17. The van der Waals surface area contributed by atoms with Gasteiger partial charge in [0.15, 0.2) is 0 Å². The molecular weight excluding hydrogens is 641 g/mol. The van der Waals surface area contributed by atoms with Crippen LogP contribution in [0.25, 0.3) is 88.1 Å². The summed E-state index contributed by atoms with van der Waals surface area (Å²) in [4.78, 5) is 3.95. The number of aromatic amines is 1. The molecule has 0 saturated heterocycles. The summed E-state index contributed by atoms with van der Waals surface area (Å²) in [6, 6.07) is 59.8. The van der Waals surface area contributed by atoms with Crippen molar-refractivity contribution in [3.05, 3.63) is 191 Å². The van der Waals surface area contributed by atoms with Crippen molar-refractivity contribution in [2.75, 3.05) is 0 Å². The zero-order valence-corrected chi connectivity index (χ0v) is 29.2. The number of fused-ring (bicyclic) bond motifs is 18. The smallest absolute Gasteiger partial charge is 0.0726 e. The van der Waals surface area contributed by atoms with Crippen molar-refractivity contribution in [2.24, 2.45) is 0 Å². The number of aromatic nitrogens is 2. The van der Waals surface area contributed by atoms with Crippen molar-refractivity contribution < 1.29 is 0 Å². The molecule has 2 nitrogen and oxygen atoms in total. The van der Waals surface area contributed by atoms with Crippen LogP contribution in [0.15, 0.2) is 158 Å². The molecule has 1 spiro atoms. The third-order valence-corrected chi connectivity index (χ3v) is 12.9. The molecule has 13 rings (SSSR count). The highest BCUT2D eigenvalue weighted by Gasteiger charge is 2.52. The van der Waals surface area contributed by atoms with Crippen LogP contribution >= 0.6 is 0 Å². The van der Waals surface area contributed by atoms with Gasteiger partial charge in [-0.15, -0.1) is 0 Å². The summed E-state index contributed by atoms with van der Waals surface area (Å²) < 4.78 is 2.58. The maximum Gasteiger partial charge on any atom is 0.0726 e. The first-order valence-electron chi connectivity index (χ1n) is 18.7. The Morgan fingerprint density at radius 2 is 1.06 bits per heavy atom. The van der Waals surface area contributed by atoms with Crippen molar-refractivity contribution in [3.8, 4) is 44.5 Å². The fourth-order valence-corrected chi connectivity index (χ4v) is 10.8. The molecule has 2 heteroatoms. The Labute approximate surface area is 306 Å². The van der Waals surface area contributed by atoms with Crippen molar-refractivity contribution in [1.29, 1.82) is 0 Å². The van der Waals surface area contributed by atoms with E-state index in [1.807, 2.05) is 0 Å². The number of rotatable bonds is 1. The zero-order chi connectivity index (χ0) is 34.6. The van der Waals surface area contributed by atoms with E-state index in [-0.39, 0.29) is 0 Å². The van der Waals surface area contributed by atoms with E-state index in [0.717, 1.165) is 6.54 Å². The number of H-pyrrole nitrogens is 1. The average molecular weight is 673 g/mol. The topological polar surface area (TPSA) is 20.7 Å². The quantitative estimate of drug-likeness (QED) is 0.179. The van der Waals surface area contributed by atoms with Gasteiger partial charge in [0.2, 0.25) is 0 Å². The molecule has 3 heterocycles. The Balaban J connectivity index is 1.18. The molecule has 53 heavy (non-hydrogen) atoms. The summed E-state index contributed by atoms with van der Waals surface area (Å²) in [6.45, 7) is 3.08. The molecule has 0 amide bonds. The minimum Gasteiger partial charge on any atom is -0.354 e. The zero-order valence-electron chi connectivity index (χ0n) is 29.2. The summed E-state index contributed by atoms with van der Waals surface area (Å²) in [6.07, 6.45) is 0. The first kappa shape index (κ1) is 28.0. The van der Waals surface area contributed by atoms with Gasteiger partial charge in [-0.25, -0.2) is 0 Å². The Morgan fingerprint density at radius 1 is 0.453 bits per heavy atom. The van der Waals surface area contributed by atoms with Crippen molar-refractivity contribution in [2.45, 2.75) is 18.9 Å². The predicted molar refractivity (Wildman–Crippen MR) is 220 cm³/mol. The lowest BCUT2D eigenvalue weighted by atomic mass is 9.70. The Morgan fingerprint density at radius 3 is 1.83 bits per heavy atom. The van der Waals surface area contributed by atoms with Gasteiger partial charge in [-0.05, 0) is 98.0 Å². The second kappa shape index (κ2) is 9.61. The summed E-state index contributed by atoms with van der Waals surface area (Å²) in [7, 11) is 0. The highest BCUT2D eigenvalue weighted by atomic mass is 15.0. The number of nitrogens with zero attached hydrogens (tertiary/aromatic N) is 1. The molecule has 8 aromatic carbocycles. The largest absolute Gasteiger partial charge is 0.354 e. The van der Waals surface area contributed by atoms with Gasteiger partial charge in [-0.1, -0.05) is 133 Å². The minimum absolute atomic E-state index is 0.438. The van der Waals surface area contributed by atoms with Crippen LogP contribution in [0.4, 0.5) is 0 Å². The van der Waals surface area contributed by atoms with E-state index in [9.17, 15) is 0 Å². The third kappa shape index (κ3) is 3.28. The van der Waals surface area contributed by atoms with Crippen LogP contribution in [0, 0.1) is 6.92 Å². The van der Waals surface area contributed by atoms with E-state index in [0.29, 0.717) is 0 Å². The molecule has 0 fully saturated rings. The lowest BCUT2D eigenvalue weighted by Gasteiger charge is -2.30. The molecule has 0 bridgehead atoms. The highest BCUT2D eigenvalue weighted by Crippen LogP contribution is 2.64. The fraction of sp³-hybridized carbons (Fsp3) is 0.0588. The normalized spacial score (nSPS) is 14.2. The Kier molecular flexibility index (Phi) is 5.08. The first-order chi connectivity index (χ1) is 26.2. The summed E-state index contributed by atoms with van der Waals surface area (Å²) >= 11 is 0. The second-order valence-electron chi connectivity index (χ2n) is 15.3. The third-order valence-electron chi connectivity index (χ3n) is 12.9. The van der Waals surface area contributed by atoms with Crippen LogP contribution in [0.5, 0.6) is 0 Å². The average Bonchev–Trinajstić information content (AvgIpc) is 3.91. The van der Waals surface area contributed by atoms with E-state index in [4.69, 9.17) is 0 Å². The summed E-state index contributed by atoms with van der Waals surface area (Å²) in [5.41, 5.74) is 23.3. The Bertz CT molecular complexity index is 3230. The lowest BCUT2D eigenvalue weighted by Crippen LogP contribution is -2.25. The molecule has 0 saturated carbocycles. The molecule has 3 aliphatic rings. The number of aryl methyl sites for hydroxylation is 1. The monoisotopic (exact) mass is 672 g/mol. The van der Waals surface area contributed by atoms with Gasteiger partial charge in [0.05, 0.1) is 22.0 Å². The standard InChI is InChI=1S/C51H32N2/c1-29-12-2-4-14-31(29)35-18-10-19-36-41-24-45-39(26-47(41)52-49(35)36)40-27-48-42(38-21-11-20-37-32-15-5-3-13-30(32)28-53(48)50(37)38)25-46(40)51(45)43-22-8-6-16-33(43)34-17-7-9-23-44(34)51/h2-27,52H,28H2,1H3. The number of benzene rings is 8. The van der Waals surface area contributed by atoms with Crippen molar-refractivity contribution in [3.63, 3.8) is 0 Å². The molecule has 1 aliphatic heterocycles. The van der Waals surface area contributed by atoms with Gasteiger partial charge < -0.3 is 9.55 Å². The molecule has 0 atom stereocenters. The van der Waals surface area contributed by atoms with Crippen LogP contribution in [-0.2, 0) is 12.0 Å². The van der Waals surface area contributed by atoms with Gasteiger partial charge >= 0.3 is 0 Å². The van der Waals surface area contributed by atoms with E-state index in [1.165, 1.54) is 122 Å². The molecular formula is C51H32N2. The van der Waals surface area contributed by atoms with Gasteiger partial charge in [0.25, 0.3) is 0 Å². The first-order valence-corrected chi connectivity index (χ1v) is 18.7. The molecule has 10 aromatic rings. The SMILES string of the molecule is Cc1ccccc1-c1cccc2c1[nH]c1cc3c(cc12)C1(c2ccccc2-c2ccccc21)c1cc2c4cccc5c4n(c2cc1-3)Cc1ccccc1-5. The molecule has 1 N–H and O–H groups in total. The lowest BCUT2D eigenvalue weighted by molar-refractivity contribution is 0.796. The van der Waals surface area contributed by atoms with Crippen molar-refractivity contribution >= 4 is 43.6 Å². The van der Waals surface area contributed by atoms with Crippen LogP contribution in [-0.4, -0.2) is 9.55 Å². The number of hydrogen-bond donors (Lipinski definition) is 1. The van der Waals surface area contributed by atoms with Crippen molar-refractivity contribution in [1.82, 2.24) is 9.55 Å². The molecule has 0 unspecified atom stereocenters. The maximum absolute atomic E-state index is 3.95. The van der Waals surface area contributed by atoms with Gasteiger partial charge in [-0.2, -0.15) is 0 Å². The van der Waals surface area contributed by atoms with Gasteiger partial charge in [0, 0.05) is 44.7 Å². The molecule has 0 radical (unpaired) electrons. The van der Waals surface area contributed by atoms with E-state index >= 15 is 0 Å². The predicted octanol–water partition coefficient (Wildman–Crippen LogP) is 12.8. The van der Waals surface area contributed by atoms with Crippen LogP contribution in [0.2, 0.25) is 0 Å². The maximum atomic E-state index is 3.95. The fourth-order valence-electron chi connectivity index (χ4n) is 10.8. The van der Waals surface area contributed by atoms with Crippen LogP contribution in [0.3, 0.4) is 0 Å². The minimum atomic E-state index is -0.438. The molecule has 2 aromatic heterocycles. The van der Waals surface area contributed by atoms with E-state index in [2.05, 4.69) is 174 Å². The second-order valence-corrected chi connectivity index (χ2v) is 15.3. The summed E-state index contributed by atoms with van der Waals surface area (Å²) in [5, 5.41) is 5.21. The molecule has 2 aliphatic carbocycles. The molecule has 246 valence electrons. The number of hydrogen-bond acceptors (Lipinski definition) is 0. The van der Waals surface area contributed by atoms with Gasteiger partial charge in [0.1, 0.15) is 0 Å².